The van der Waals surface area contributed by atoms with E-state index in [1.807, 2.05) is 31.2 Å². The first-order valence-electron chi connectivity index (χ1n) is 4.99. The topological polar surface area (TPSA) is 66.0 Å². The van der Waals surface area contributed by atoms with Crippen LogP contribution in [0.1, 0.15) is 17.0 Å². The number of rotatable bonds is 2. The fraction of sp³-hybridized carbons (Fsp3) is 0.167. The molecule has 16 heavy (non-hydrogen) atoms. The first kappa shape index (κ1) is 10.4. The van der Waals surface area contributed by atoms with Crippen molar-refractivity contribution in [1.82, 2.24) is 9.97 Å². The third-order valence-corrected chi connectivity index (χ3v) is 2.40. The van der Waals surface area contributed by atoms with Gasteiger partial charge in [0.1, 0.15) is 5.82 Å². The number of aromatic hydroxyl groups is 1. The third-order valence-electron chi connectivity index (χ3n) is 2.40. The van der Waals surface area contributed by atoms with Gasteiger partial charge in [0.25, 0.3) is 5.56 Å². The molecule has 0 unspecified atom stereocenters. The Morgan fingerprint density at radius 2 is 2.12 bits per heavy atom. The Balaban J connectivity index is 2.34. The maximum atomic E-state index is 11.1. The SMILES string of the molecule is Cc1ccccc1Cc1nc(O)cc(=O)[nH]1. The van der Waals surface area contributed by atoms with Crippen molar-refractivity contribution in [3.8, 4) is 5.88 Å². The smallest absolute Gasteiger partial charge is 0.254 e. The van der Waals surface area contributed by atoms with Gasteiger partial charge >= 0.3 is 0 Å². The molecular formula is C12H12N2O2. The zero-order chi connectivity index (χ0) is 11.5. The minimum Gasteiger partial charge on any atom is -0.493 e. The van der Waals surface area contributed by atoms with Crippen molar-refractivity contribution in [1.29, 1.82) is 0 Å². The average molecular weight is 216 g/mol. The average Bonchev–Trinajstić information content (AvgIpc) is 2.20. The molecule has 0 spiro atoms. The summed E-state index contributed by atoms with van der Waals surface area (Å²) in [5, 5.41) is 9.21. The maximum Gasteiger partial charge on any atom is 0.254 e. The van der Waals surface area contributed by atoms with E-state index in [9.17, 15) is 9.90 Å². The van der Waals surface area contributed by atoms with Crippen molar-refractivity contribution < 1.29 is 5.11 Å². The maximum absolute atomic E-state index is 11.1. The van der Waals surface area contributed by atoms with Gasteiger partial charge in [0.05, 0.1) is 6.07 Å². The summed E-state index contributed by atoms with van der Waals surface area (Å²) in [4.78, 5) is 17.6. The third kappa shape index (κ3) is 2.28. The van der Waals surface area contributed by atoms with Crippen LogP contribution in [-0.4, -0.2) is 15.1 Å². The Bertz CT molecular complexity index is 561. The van der Waals surface area contributed by atoms with Crippen LogP contribution < -0.4 is 5.56 Å². The van der Waals surface area contributed by atoms with Gasteiger partial charge in [-0.3, -0.25) is 4.79 Å². The quantitative estimate of drug-likeness (QED) is 0.796. The van der Waals surface area contributed by atoms with Crippen molar-refractivity contribution in [2.24, 2.45) is 0 Å². The molecule has 0 bridgehead atoms. The molecular weight excluding hydrogens is 204 g/mol. The monoisotopic (exact) mass is 216 g/mol. The van der Waals surface area contributed by atoms with Crippen LogP contribution in [0.4, 0.5) is 0 Å². The molecule has 1 aromatic heterocycles. The Labute approximate surface area is 92.6 Å². The second-order valence-electron chi connectivity index (χ2n) is 3.65. The van der Waals surface area contributed by atoms with Gasteiger partial charge in [-0.15, -0.1) is 0 Å². The molecule has 1 aromatic carbocycles. The van der Waals surface area contributed by atoms with Gasteiger partial charge < -0.3 is 10.1 Å². The van der Waals surface area contributed by atoms with Crippen LogP contribution in [0.5, 0.6) is 5.88 Å². The number of hydrogen-bond donors (Lipinski definition) is 2. The van der Waals surface area contributed by atoms with Crippen molar-refractivity contribution in [3.63, 3.8) is 0 Å². The highest BCUT2D eigenvalue weighted by Gasteiger charge is 2.03. The van der Waals surface area contributed by atoms with Crippen LogP contribution in [0, 0.1) is 6.92 Å². The van der Waals surface area contributed by atoms with E-state index in [1.165, 1.54) is 0 Å². The van der Waals surface area contributed by atoms with Gasteiger partial charge in [0, 0.05) is 6.42 Å². The molecule has 0 aliphatic rings. The molecule has 1 heterocycles. The number of aromatic amines is 1. The van der Waals surface area contributed by atoms with Crippen LogP contribution in [0.2, 0.25) is 0 Å². The van der Waals surface area contributed by atoms with E-state index < -0.39 is 0 Å². The van der Waals surface area contributed by atoms with Crippen LogP contribution in [-0.2, 0) is 6.42 Å². The van der Waals surface area contributed by atoms with Gasteiger partial charge in [0.15, 0.2) is 0 Å². The zero-order valence-electron chi connectivity index (χ0n) is 8.90. The van der Waals surface area contributed by atoms with Gasteiger partial charge in [-0.1, -0.05) is 24.3 Å². The molecule has 0 aliphatic carbocycles. The Kier molecular flexibility index (Phi) is 2.72. The molecule has 0 saturated heterocycles. The second kappa shape index (κ2) is 4.18. The lowest BCUT2D eigenvalue weighted by Gasteiger charge is -2.04. The molecule has 0 saturated carbocycles. The van der Waals surface area contributed by atoms with E-state index in [0.29, 0.717) is 12.2 Å². The lowest BCUT2D eigenvalue weighted by molar-refractivity contribution is 0.448. The van der Waals surface area contributed by atoms with E-state index in [-0.39, 0.29) is 11.4 Å². The first-order chi connectivity index (χ1) is 7.65. The van der Waals surface area contributed by atoms with Crippen LogP contribution >= 0.6 is 0 Å². The fourth-order valence-corrected chi connectivity index (χ4v) is 1.57. The van der Waals surface area contributed by atoms with Crippen LogP contribution in [0.25, 0.3) is 0 Å². The minimum absolute atomic E-state index is 0.243. The van der Waals surface area contributed by atoms with Crippen molar-refractivity contribution >= 4 is 0 Å². The number of nitrogens with one attached hydrogen (secondary N) is 1. The molecule has 0 atom stereocenters. The Hall–Kier alpha value is -2.10. The summed E-state index contributed by atoms with van der Waals surface area (Å²) in [6.45, 7) is 2.00. The lowest BCUT2D eigenvalue weighted by atomic mass is 10.1. The van der Waals surface area contributed by atoms with Gasteiger partial charge in [-0.2, -0.15) is 4.98 Å². The molecule has 4 heteroatoms. The largest absolute Gasteiger partial charge is 0.493 e. The zero-order valence-corrected chi connectivity index (χ0v) is 8.90. The summed E-state index contributed by atoms with van der Waals surface area (Å²) in [7, 11) is 0. The molecule has 0 amide bonds. The molecule has 0 fully saturated rings. The van der Waals surface area contributed by atoms with Gasteiger partial charge in [-0.05, 0) is 18.1 Å². The van der Waals surface area contributed by atoms with E-state index in [4.69, 9.17) is 0 Å². The highest BCUT2D eigenvalue weighted by atomic mass is 16.3. The normalized spacial score (nSPS) is 10.3. The molecule has 82 valence electrons. The minimum atomic E-state index is -0.337. The molecule has 0 aliphatic heterocycles. The van der Waals surface area contributed by atoms with Crippen LogP contribution in [0.15, 0.2) is 35.1 Å². The highest BCUT2D eigenvalue weighted by molar-refractivity contribution is 5.28. The Morgan fingerprint density at radius 1 is 1.38 bits per heavy atom. The predicted octanol–water partition coefficient (Wildman–Crippen LogP) is 1.37. The summed E-state index contributed by atoms with van der Waals surface area (Å²) in [6, 6.07) is 8.91. The molecule has 2 rings (SSSR count). The van der Waals surface area contributed by atoms with E-state index in [1.54, 1.807) is 0 Å². The van der Waals surface area contributed by atoms with Crippen molar-refractivity contribution in [2.75, 3.05) is 0 Å². The van der Waals surface area contributed by atoms with Crippen LogP contribution in [0.3, 0.4) is 0 Å². The first-order valence-corrected chi connectivity index (χ1v) is 4.99. The predicted molar refractivity (Wildman–Crippen MR) is 60.5 cm³/mol. The highest BCUT2D eigenvalue weighted by Crippen LogP contribution is 2.11. The van der Waals surface area contributed by atoms with Crippen molar-refractivity contribution in [3.05, 3.63) is 57.6 Å². The molecule has 2 N–H and O–H groups in total. The number of nitrogens with zero attached hydrogens (tertiary/aromatic N) is 1. The number of aromatic nitrogens is 2. The van der Waals surface area contributed by atoms with E-state index >= 15 is 0 Å². The number of aryl methyl sites for hydroxylation is 1. The van der Waals surface area contributed by atoms with E-state index in [0.717, 1.165) is 17.2 Å². The summed E-state index contributed by atoms with van der Waals surface area (Å²) >= 11 is 0. The van der Waals surface area contributed by atoms with Gasteiger partial charge in [-0.25, -0.2) is 0 Å². The number of benzene rings is 1. The molecule has 2 aromatic rings. The Morgan fingerprint density at radius 3 is 2.81 bits per heavy atom. The van der Waals surface area contributed by atoms with E-state index in [2.05, 4.69) is 9.97 Å². The van der Waals surface area contributed by atoms with Crippen molar-refractivity contribution in [2.45, 2.75) is 13.3 Å². The summed E-state index contributed by atoms with van der Waals surface area (Å²) < 4.78 is 0. The fourth-order valence-electron chi connectivity index (χ4n) is 1.57. The summed E-state index contributed by atoms with van der Waals surface area (Å²) in [6.07, 6.45) is 0.510. The number of H-pyrrole nitrogens is 1. The summed E-state index contributed by atoms with van der Waals surface area (Å²) in [5.74, 6) is 0.228. The molecule has 0 radical (unpaired) electrons. The molecule has 4 nitrogen and oxygen atoms in total. The summed E-state index contributed by atoms with van der Waals surface area (Å²) in [5.41, 5.74) is 1.88. The second-order valence-corrected chi connectivity index (χ2v) is 3.65. The number of hydrogen-bond acceptors (Lipinski definition) is 3. The standard InChI is InChI=1S/C12H12N2O2/c1-8-4-2-3-5-9(8)6-10-13-11(15)7-12(16)14-10/h2-5,7H,6H2,1H3,(H2,13,14,15,16). The lowest BCUT2D eigenvalue weighted by Crippen LogP contribution is -2.10. The van der Waals surface area contributed by atoms with Gasteiger partial charge in [0.2, 0.25) is 5.88 Å².